The van der Waals surface area contributed by atoms with E-state index in [1.54, 1.807) is 31.3 Å². The highest BCUT2D eigenvalue weighted by molar-refractivity contribution is 9.10. The summed E-state index contributed by atoms with van der Waals surface area (Å²) in [5.74, 6) is 1.32. The second-order valence-corrected chi connectivity index (χ2v) is 6.15. The van der Waals surface area contributed by atoms with Crippen molar-refractivity contribution in [3.05, 3.63) is 64.0 Å². The fourth-order valence-electron chi connectivity index (χ4n) is 2.12. The maximum absolute atomic E-state index is 12.3. The first-order valence-electron chi connectivity index (χ1n) is 7.25. The lowest BCUT2D eigenvalue weighted by molar-refractivity contribution is 0.102. The summed E-state index contributed by atoms with van der Waals surface area (Å²) in [4.78, 5) is 16.5. The highest BCUT2D eigenvalue weighted by atomic mass is 79.9. The molecule has 3 rings (SSSR count). The fraction of sp³-hybridized carbons (Fsp3) is 0.118. The minimum absolute atomic E-state index is 0.277. The zero-order chi connectivity index (χ0) is 17.1. The third-order valence-electron chi connectivity index (χ3n) is 3.32. The molecule has 0 saturated carbocycles. The summed E-state index contributed by atoms with van der Waals surface area (Å²) in [6.45, 7) is 3.77. The van der Waals surface area contributed by atoms with E-state index in [2.05, 4.69) is 36.7 Å². The maximum atomic E-state index is 12.3. The number of aryl methyl sites for hydroxylation is 2. The first-order valence-corrected chi connectivity index (χ1v) is 8.04. The molecule has 6 nitrogen and oxygen atoms in total. The summed E-state index contributed by atoms with van der Waals surface area (Å²) < 4.78 is 5.97. The quantitative estimate of drug-likeness (QED) is 0.692. The SMILES string of the molecule is Cc1cc(NC(=O)c2ccnc(Nc3ccc(Br)c(C)c3)c2)no1. The van der Waals surface area contributed by atoms with Gasteiger partial charge in [0.15, 0.2) is 5.82 Å². The summed E-state index contributed by atoms with van der Waals surface area (Å²) in [7, 11) is 0. The summed E-state index contributed by atoms with van der Waals surface area (Å²) >= 11 is 3.47. The number of nitrogens with one attached hydrogen (secondary N) is 2. The second kappa shape index (κ2) is 6.84. The first kappa shape index (κ1) is 16.2. The van der Waals surface area contributed by atoms with Crippen molar-refractivity contribution in [1.82, 2.24) is 10.1 Å². The molecule has 2 heterocycles. The highest BCUT2D eigenvalue weighted by Crippen LogP contribution is 2.22. The van der Waals surface area contributed by atoms with Crippen molar-refractivity contribution in [3.63, 3.8) is 0 Å². The molecule has 0 bridgehead atoms. The standard InChI is InChI=1S/C17H15BrN4O2/c1-10-7-13(3-4-14(10)18)20-15-9-12(5-6-19-15)17(23)21-16-8-11(2)24-22-16/h3-9H,1-2H3,(H,19,20)(H,21,22,23). The maximum Gasteiger partial charge on any atom is 0.257 e. The Hall–Kier alpha value is -2.67. The van der Waals surface area contributed by atoms with Gasteiger partial charge in [-0.05, 0) is 49.7 Å². The topological polar surface area (TPSA) is 80.0 Å². The lowest BCUT2D eigenvalue weighted by atomic mass is 10.2. The lowest BCUT2D eigenvalue weighted by Crippen LogP contribution is -2.12. The predicted octanol–water partition coefficient (Wildman–Crippen LogP) is 4.44. The van der Waals surface area contributed by atoms with Crippen LogP contribution in [0.2, 0.25) is 0 Å². The minimum Gasteiger partial charge on any atom is -0.360 e. The molecule has 0 unspecified atom stereocenters. The molecule has 0 aliphatic rings. The van der Waals surface area contributed by atoms with Crippen LogP contribution in [0.25, 0.3) is 0 Å². The van der Waals surface area contributed by atoms with Crippen molar-refractivity contribution in [2.24, 2.45) is 0 Å². The van der Waals surface area contributed by atoms with E-state index in [1.165, 1.54) is 0 Å². The van der Waals surface area contributed by atoms with Crippen molar-refractivity contribution in [2.75, 3.05) is 10.6 Å². The molecule has 7 heteroatoms. The number of rotatable bonds is 4. The third-order valence-corrected chi connectivity index (χ3v) is 4.21. The van der Waals surface area contributed by atoms with Gasteiger partial charge in [0.1, 0.15) is 11.6 Å². The summed E-state index contributed by atoms with van der Waals surface area (Å²) in [5, 5.41) is 9.62. The van der Waals surface area contributed by atoms with Crippen LogP contribution >= 0.6 is 15.9 Å². The highest BCUT2D eigenvalue weighted by Gasteiger charge is 2.10. The molecule has 0 atom stereocenters. The van der Waals surface area contributed by atoms with E-state index in [0.29, 0.717) is 23.0 Å². The van der Waals surface area contributed by atoms with E-state index in [1.807, 2.05) is 25.1 Å². The molecule has 0 aliphatic heterocycles. The van der Waals surface area contributed by atoms with E-state index in [-0.39, 0.29) is 5.91 Å². The minimum atomic E-state index is -0.277. The van der Waals surface area contributed by atoms with Crippen LogP contribution in [0.3, 0.4) is 0 Å². The molecule has 0 spiro atoms. The molecule has 1 aromatic carbocycles. The summed E-state index contributed by atoms with van der Waals surface area (Å²) in [6, 6.07) is 10.9. The van der Waals surface area contributed by atoms with Crippen molar-refractivity contribution < 1.29 is 9.32 Å². The van der Waals surface area contributed by atoms with Crippen molar-refractivity contribution >= 4 is 39.2 Å². The van der Waals surface area contributed by atoms with Crippen LogP contribution in [0.15, 0.2) is 51.6 Å². The van der Waals surface area contributed by atoms with Crippen LogP contribution in [-0.4, -0.2) is 16.0 Å². The first-order chi connectivity index (χ1) is 11.5. The summed E-state index contributed by atoms with van der Waals surface area (Å²) in [6.07, 6.45) is 1.58. The zero-order valence-electron chi connectivity index (χ0n) is 13.1. The van der Waals surface area contributed by atoms with Crippen molar-refractivity contribution in [1.29, 1.82) is 0 Å². The van der Waals surface area contributed by atoms with Gasteiger partial charge in [-0.1, -0.05) is 21.1 Å². The predicted molar refractivity (Wildman–Crippen MR) is 95.6 cm³/mol. The molecule has 2 N–H and O–H groups in total. The Labute approximate surface area is 147 Å². The van der Waals surface area contributed by atoms with Gasteiger partial charge in [0.05, 0.1) is 0 Å². The van der Waals surface area contributed by atoms with Crippen LogP contribution in [0.5, 0.6) is 0 Å². The monoisotopic (exact) mass is 386 g/mol. The average Bonchev–Trinajstić information content (AvgIpc) is 2.96. The van der Waals surface area contributed by atoms with Crippen LogP contribution < -0.4 is 10.6 Å². The molecule has 1 amide bonds. The van der Waals surface area contributed by atoms with Gasteiger partial charge in [-0.2, -0.15) is 0 Å². The molecular weight excluding hydrogens is 372 g/mol. The Bertz CT molecular complexity index is 892. The number of pyridine rings is 1. The number of amides is 1. The van der Waals surface area contributed by atoms with E-state index < -0.39 is 0 Å². The number of halogens is 1. The van der Waals surface area contributed by atoms with Gasteiger partial charge < -0.3 is 15.2 Å². The van der Waals surface area contributed by atoms with E-state index in [9.17, 15) is 4.79 Å². The number of nitrogens with zero attached hydrogens (tertiary/aromatic N) is 2. The molecule has 0 saturated heterocycles. The van der Waals surface area contributed by atoms with Crippen molar-refractivity contribution in [2.45, 2.75) is 13.8 Å². The van der Waals surface area contributed by atoms with Crippen LogP contribution in [-0.2, 0) is 0 Å². The zero-order valence-corrected chi connectivity index (χ0v) is 14.7. The van der Waals surface area contributed by atoms with Crippen LogP contribution in [0.4, 0.5) is 17.3 Å². The largest absolute Gasteiger partial charge is 0.360 e. The van der Waals surface area contributed by atoms with Crippen molar-refractivity contribution in [3.8, 4) is 0 Å². The van der Waals surface area contributed by atoms with Gasteiger partial charge in [-0.3, -0.25) is 4.79 Å². The molecule has 3 aromatic rings. The molecular formula is C17H15BrN4O2. The third kappa shape index (κ3) is 3.80. The van der Waals surface area contributed by atoms with Gasteiger partial charge in [0.2, 0.25) is 0 Å². The van der Waals surface area contributed by atoms with Gasteiger partial charge in [-0.15, -0.1) is 0 Å². The van der Waals surface area contributed by atoms with Gasteiger partial charge in [0, 0.05) is 28.0 Å². The Kier molecular flexibility index (Phi) is 4.61. The lowest BCUT2D eigenvalue weighted by Gasteiger charge is -2.09. The number of aromatic nitrogens is 2. The van der Waals surface area contributed by atoms with Gasteiger partial charge in [-0.25, -0.2) is 4.98 Å². The number of hydrogen-bond acceptors (Lipinski definition) is 5. The molecule has 0 fully saturated rings. The molecule has 2 aromatic heterocycles. The Morgan fingerprint density at radius 1 is 1.12 bits per heavy atom. The van der Waals surface area contributed by atoms with Gasteiger partial charge >= 0.3 is 0 Å². The van der Waals surface area contributed by atoms with Crippen LogP contribution in [0, 0.1) is 13.8 Å². The molecule has 24 heavy (non-hydrogen) atoms. The second-order valence-electron chi connectivity index (χ2n) is 5.30. The average molecular weight is 387 g/mol. The Balaban J connectivity index is 1.75. The number of anilines is 3. The van der Waals surface area contributed by atoms with Crippen LogP contribution in [0.1, 0.15) is 21.7 Å². The Morgan fingerprint density at radius 2 is 1.96 bits per heavy atom. The molecule has 0 aliphatic carbocycles. The van der Waals surface area contributed by atoms with E-state index in [4.69, 9.17) is 4.52 Å². The number of benzene rings is 1. The summed E-state index contributed by atoms with van der Waals surface area (Å²) in [5.41, 5.74) is 2.48. The molecule has 122 valence electrons. The normalized spacial score (nSPS) is 10.5. The molecule has 0 radical (unpaired) electrons. The van der Waals surface area contributed by atoms with E-state index >= 15 is 0 Å². The number of carbonyl (C=O) groups is 1. The Morgan fingerprint density at radius 3 is 2.67 bits per heavy atom. The number of hydrogen-bond donors (Lipinski definition) is 2. The van der Waals surface area contributed by atoms with E-state index in [0.717, 1.165) is 15.7 Å². The smallest absolute Gasteiger partial charge is 0.257 e. The van der Waals surface area contributed by atoms with Gasteiger partial charge in [0.25, 0.3) is 5.91 Å². The number of carbonyl (C=O) groups excluding carboxylic acids is 1. The fourth-order valence-corrected chi connectivity index (χ4v) is 2.37.